The van der Waals surface area contributed by atoms with Crippen molar-refractivity contribution < 1.29 is 4.79 Å². The number of aryl methyl sites for hydroxylation is 1. The molecular formula is C14H22N2O. The molecule has 0 atom stereocenters. The SMILES string of the molecule is CCc1ccccc1CNCCCCC(N)=O. The van der Waals surface area contributed by atoms with Crippen LogP contribution in [0.3, 0.4) is 0 Å². The Bertz CT molecular complexity index is 350. The number of unbranched alkanes of at least 4 members (excludes halogenated alkanes) is 1. The van der Waals surface area contributed by atoms with Gasteiger partial charge in [-0.2, -0.15) is 0 Å². The summed E-state index contributed by atoms with van der Waals surface area (Å²) in [5, 5.41) is 3.40. The zero-order valence-corrected chi connectivity index (χ0v) is 10.5. The van der Waals surface area contributed by atoms with E-state index in [1.807, 2.05) is 0 Å². The van der Waals surface area contributed by atoms with Gasteiger partial charge in [-0.05, 0) is 36.9 Å². The predicted molar refractivity (Wildman–Crippen MR) is 70.6 cm³/mol. The number of nitrogens with two attached hydrogens (primary N) is 1. The molecule has 0 unspecified atom stereocenters. The summed E-state index contributed by atoms with van der Waals surface area (Å²) in [6.45, 7) is 4.01. The largest absolute Gasteiger partial charge is 0.370 e. The summed E-state index contributed by atoms with van der Waals surface area (Å²) in [5.74, 6) is -0.207. The van der Waals surface area contributed by atoms with Gasteiger partial charge in [0, 0.05) is 13.0 Å². The molecule has 0 spiro atoms. The average Bonchev–Trinajstić information content (AvgIpc) is 2.33. The summed E-state index contributed by atoms with van der Waals surface area (Å²) in [5.41, 5.74) is 7.84. The van der Waals surface area contributed by atoms with Gasteiger partial charge in [0.1, 0.15) is 0 Å². The maximum atomic E-state index is 10.5. The highest BCUT2D eigenvalue weighted by atomic mass is 16.1. The number of hydrogen-bond donors (Lipinski definition) is 2. The smallest absolute Gasteiger partial charge is 0.217 e. The van der Waals surface area contributed by atoms with E-state index in [9.17, 15) is 4.79 Å². The third kappa shape index (κ3) is 5.50. The molecule has 0 aliphatic carbocycles. The molecular weight excluding hydrogens is 212 g/mol. The number of benzene rings is 1. The highest BCUT2D eigenvalue weighted by Crippen LogP contribution is 2.08. The Kier molecular flexibility index (Phi) is 6.33. The molecule has 0 aromatic heterocycles. The van der Waals surface area contributed by atoms with Gasteiger partial charge in [0.2, 0.25) is 5.91 Å². The van der Waals surface area contributed by atoms with E-state index in [4.69, 9.17) is 5.73 Å². The maximum absolute atomic E-state index is 10.5. The van der Waals surface area contributed by atoms with E-state index in [-0.39, 0.29) is 5.91 Å². The van der Waals surface area contributed by atoms with Gasteiger partial charge in [-0.1, -0.05) is 31.2 Å². The minimum Gasteiger partial charge on any atom is -0.370 e. The van der Waals surface area contributed by atoms with Crippen molar-refractivity contribution in [2.24, 2.45) is 5.73 Å². The standard InChI is InChI=1S/C14H22N2O/c1-2-12-7-3-4-8-13(12)11-16-10-6-5-9-14(15)17/h3-4,7-8,16H,2,5-6,9-11H2,1H3,(H2,15,17). The van der Waals surface area contributed by atoms with Crippen molar-refractivity contribution in [1.82, 2.24) is 5.32 Å². The van der Waals surface area contributed by atoms with E-state index in [0.29, 0.717) is 6.42 Å². The molecule has 0 fully saturated rings. The Morgan fingerprint density at radius 1 is 1.24 bits per heavy atom. The van der Waals surface area contributed by atoms with Gasteiger partial charge in [0.15, 0.2) is 0 Å². The third-order valence-electron chi connectivity index (χ3n) is 2.84. The first-order valence-electron chi connectivity index (χ1n) is 6.30. The molecule has 0 aliphatic heterocycles. The third-order valence-corrected chi connectivity index (χ3v) is 2.84. The van der Waals surface area contributed by atoms with Gasteiger partial charge >= 0.3 is 0 Å². The molecule has 0 aliphatic rings. The molecule has 1 amide bonds. The molecule has 1 aromatic carbocycles. The van der Waals surface area contributed by atoms with Crippen LogP contribution in [-0.4, -0.2) is 12.5 Å². The van der Waals surface area contributed by atoms with Crippen LogP contribution in [0.5, 0.6) is 0 Å². The Hall–Kier alpha value is -1.35. The Morgan fingerprint density at radius 3 is 2.59 bits per heavy atom. The molecule has 3 N–H and O–H groups in total. The molecule has 94 valence electrons. The zero-order chi connectivity index (χ0) is 12.5. The van der Waals surface area contributed by atoms with Gasteiger partial charge in [-0.25, -0.2) is 0 Å². The first-order valence-corrected chi connectivity index (χ1v) is 6.30. The summed E-state index contributed by atoms with van der Waals surface area (Å²) in [6, 6.07) is 8.48. The Labute approximate surface area is 103 Å². The van der Waals surface area contributed by atoms with Crippen LogP contribution in [0.1, 0.15) is 37.3 Å². The van der Waals surface area contributed by atoms with Crippen LogP contribution in [-0.2, 0) is 17.8 Å². The van der Waals surface area contributed by atoms with Crippen LogP contribution in [0, 0.1) is 0 Å². The van der Waals surface area contributed by atoms with Crippen LogP contribution >= 0.6 is 0 Å². The van der Waals surface area contributed by atoms with E-state index >= 15 is 0 Å². The molecule has 3 heteroatoms. The minimum absolute atomic E-state index is 0.207. The number of nitrogens with one attached hydrogen (secondary N) is 1. The van der Waals surface area contributed by atoms with Gasteiger partial charge in [-0.3, -0.25) is 4.79 Å². The second-order valence-corrected chi connectivity index (χ2v) is 4.22. The summed E-state index contributed by atoms with van der Waals surface area (Å²) >= 11 is 0. The van der Waals surface area contributed by atoms with Crippen molar-refractivity contribution in [1.29, 1.82) is 0 Å². The fourth-order valence-corrected chi connectivity index (χ4v) is 1.85. The lowest BCUT2D eigenvalue weighted by Gasteiger charge is -2.08. The lowest BCUT2D eigenvalue weighted by atomic mass is 10.1. The molecule has 0 radical (unpaired) electrons. The first-order chi connectivity index (χ1) is 8.24. The molecule has 17 heavy (non-hydrogen) atoms. The van der Waals surface area contributed by atoms with Gasteiger partial charge in [0.05, 0.1) is 0 Å². The second-order valence-electron chi connectivity index (χ2n) is 4.22. The van der Waals surface area contributed by atoms with Crippen LogP contribution in [0.2, 0.25) is 0 Å². The normalized spacial score (nSPS) is 10.4. The summed E-state index contributed by atoms with van der Waals surface area (Å²) in [7, 11) is 0. The molecule has 0 bridgehead atoms. The first kappa shape index (κ1) is 13.7. The van der Waals surface area contributed by atoms with Gasteiger partial charge in [-0.15, -0.1) is 0 Å². The fraction of sp³-hybridized carbons (Fsp3) is 0.500. The molecule has 3 nitrogen and oxygen atoms in total. The topological polar surface area (TPSA) is 55.1 Å². The molecule has 0 saturated carbocycles. The van der Waals surface area contributed by atoms with Crippen molar-refractivity contribution in [2.45, 2.75) is 39.2 Å². The van der Waals surface area contributed by atoms with Gasteiger partial charge < -0.3 is 11.1 Å². The van der Waals surface area contributed by atoms with Gasteiger partial charge in [0.25, 0.3) is 0 Å². The average molecular weight is 234 g/mol. The number of hydrogen-bond acceptors (Lipinski definition) is 2. The van der Waals surface area contributed by atoms with Crippen molar-refractivity contribution in [3.8, 4) is 0 Å². The monoisotopic (exact) mass is 234 g/mol. The van der Waals surface area contributed by atoms with Crippen LogP contribution in [0.25, 0.3) is 0 Å². The van der Waals surface area contributed by atoms with Crippen LogP contribution in [0.4, 0.5) is 0 Å². The molecule has 0 heterocycles. The minimum atomic E-state index is -0.207. The van der Waals surface area contributed by atoms with E-state index in [1.165, 1.54) is 11.1 Å². The molecule has 1 aromatic rings. The fourth-order valence-electron chi connectivity index (χ4n) is 1.85. The zero-order valence-electron chi connectivity index (χ0n) is 10.5. The molecule has 1 rings (SSSR count). The predicted octanol–water partition coefficient (Wildman–Crippen LogP) is 1.99. The van der Waals surface area contributed by atoms with Crippen molar-refractivity contribution in [3.05, 3.63) is 35.4 Å². The number of primary amides is 1. The van der Waals surface area contributed by atoms with E-state index in [0.717, 1.165) is 32.4 Å². The number of rotatable bonds is 8. The van der Waals surface area contributed by atoms with Crippen molar-refractivity contribution in [2.75, 3.05) is 6.54 Å². The molecule has 0 saturated heterocycles. The number of carbonyl (C=O) groups excluding carboxylic acids is 1. The second kappa shape index (κ2) is 7.85. The Balaban J connectivity index is 2.19. The van der Waals surface area contributed by atoms with E-state index in [2.05, 4.69) is 36.5 Å². The van der Waals surface area contributed by atoms with Crippen LogP contribution in [0.15, 0.2) is 24.3 Å². The Morgan fingerprint density at radius 2 is 1.94 bits per heavy atom. The quantitative estimate of drug-likeness (QED) is 0.676. The maximum Gasteiger partial charge on any atom is 0.217 e. The summed E-state index contributed by atoms with van der Waals surface area (Å²) < 4.78 is 0. The lowest BCUT2D eigenvalue weighted by molar-refractivity contribution is -0.118. The highest BCUT2D eigenvalue weighted by Gasteiger charge is 1.99. The number of amides is 1. The van der Waals surface area contributed by atoms with Crippen LogP contribution < -0.4 is 11.1 Å². The van der Waals surface area contributed by atoms with E-state index < -0.39 is 0 Å². The summed E-state index contributed by atoms with van der Waals surface area (Å²) in [6.07, 6.45) is 3.43. The van der Waals surface area contributed by atoms with Crippen molar-refractivity contribution >= 4 is 5.91 Å². The lowest BCUT2D eigenvalue weighted by Crippen LogP contribution is -2.17. The summed E-state index contributed by atoms with van der Waals surface area (Å²) in [4.78, 5) is 10.5. The number of carbonyl (C=O) groups is 1. The highest BCUT2D eigenvalue weighted by molar-refractivity contribution is 5.73. The van der Waals surface area contributed by atoms with E-state index in [1.54, 1.807) is 0 Å². The van der Waals surface area contributed by atoms with Crippen molar-refractivity contribution in [3.63, 3.8) is 0 Å².